The molecule has 0 amide bonds. The normalized spacial score (nSPS) is 10.5. The van der Waals surface area contributed by atoms with Gasteiger partial charge in [0.05, 0.1) is 17.4 Å². The number of alkyl halides is 2. The van der Waals surface area contributed by atoms with E-state index in [-0.39, 0.29) is 6.29 Å². The molecular weight excluding hydrogens is 185 g/mol. The van der Waals surface area contributed by atoms with E-state index in [1.807, 2.05) is 0 Å². The summed E-state index contributed by atoms with van der Waals surface area (Å²) in [4.78, 5) is 13.4. The number of pyridine rings is 1. The monoisotopic (exact) mass is 190 g/mol. The lowest BCUT2D eigenvalue weighted by Gasteiger charge is -2.04. The highest BCUT2D eigenvalue weighted by Crippen LogP contribution is 2.23. The van der Waals surface area contributed by atoms with Gasteiger partial charge in [0.15, 0.2) is 12.1 Å². The van der Waals surface area contributed by atoms with Crippen LogP contribution in [-0.2, 0) is 0 Å². The Hall–Kier alpha value is -1.59. The summed E-state index contributed by atoms with van der Waals surface area (Å²) in [5.41, 5.74) is 2.93. The van der Waals surface area contributed by atoms with Gasteiger partial charge >= 0.3 is 0 Å². The van der Waals surface area contributed by atoms with E-state index >= 15 is 0 Å². The SMILES string of the molecule is Nc1cnc(C(F)F)c(C=O)c1F. The first kappa shape index (κ1) is 9.50. The van der Waals surface area contributed by atoms with Gasteiger partial charge in [0.2, 0.25) is 0 Å². The van der Waals surface area contributed by atoms with Crippen molar-refractivity contribution in [2.24, 2.45) is 0 Å². The van der Waals surface area contributed by atoms with Crippen LogP contribution >= 0.6 is 0 Å². The van der Waals surface area contributed by atoms with E-state index < -0.39 is 29.2 Å². The van der Waals surface area contributed by atoms with Gasteiger partial charge in [-0.15, -0.1) is 0 Å². The minimum atomic E-state index is -2.99. The standard InChI is InChI=1S/C7H5F3N2O/c8-5-3(2-13)6(7(9)10)12-1-4(5)11/h1-2,7H,11H2. The Kier molecular flexibility index (Phi) is 2.50. The van der Waals surface area contributed by atoms with E-state index in [0.29, 0.717) is 0 Å². The summed E-state index contributed by atoms with van der Waals surface area (Å²) < 4.78 is 37.1. The van der Waals surface area contributed by atoms with Gasteiger partial charge in [0.1, 0.15) is 5.69 Å². The van der Waals surface area contributed by atoms with Crippen molar-refractivity contribution >= 4 is 12.0 Å². The molecule has 70 valence electrons. The molecule has 0 aromatic carbocycles. The van der Waals surface area contributed by atoms with Crippen molar-refractivity contribution in [3.8, 4) is 0 Å². The maximum Gasteiger partial charge on any atom is 0.281 e. The number of nitrogen functional groups attached to an aromatic ring is 1. The first-order valence-electron chi connectivity index (χ1n) is 3.25. The smallest absolute Gasteiger partial charge is 0.281 e. The molecule has 0 aliphatic carbocycles. The van der Waals surface area contributed by atoms with Crippen molar-refractivity contribution in [2.75, 3.05) is 5.73 Å². The van der Waals surface area contributed by atoms with E-state index in [4.69, 9.17) is 5.73 Å². The van der Waals surface area contributed by atoms with Gasteiger partial charge in [0.25, 0.3) is 6.43 Å². The van der Waals surface area contributed by atoms with Crippen molar-refractivity contribution < 1.29 is 18.0 Å². The fourth-order valence-corrected chi connectivity index (χ4v) is 0.819. The predicted octanol–water partition coefficient (Wildman–Crippen LogP) is 1.55. The van der Waals surface area contributed by atoms with Crippen molar-refractivity contribution in [3.05, 3.63) is 23.3 Å². The number of rotatable bonds is 2. The maximum atomic E-state index is 12.9. The third-order valence-electron chi connectivity index (χ3n) is 1.43. The minimum Gasteiger partial charge on any atom is -0.395 e. The molecule has 0 unspecified atom stereocenters. The number of nitrogens with zero attached hydrogens (tertiary/aromatic N) is 1. The van der Waals surface area contributed by atoms with Gasteiger partial charge in [-0.3, -0.25) is 9.78 Å². The fraction of sp³-hybridized carbons (Fsp3) is 0.143. The Balaban J connectivity index is 3.38. The molecule has 0 radical (unpaired) electrons. The van der Waals surface area contributed by atoms with Gasteiger partial charge in [-0.2, -0.15) is 0 Å². The molecule has 0 aliphatic rings. The number of anilines is 1. The van der Waals surface area contributed by atoms with E-state index in [1.54, 1.807) is 0 Å². The topological polar surface area (TPSA) is 56.0 Å². The van der Waals surface area contributed by atoms with Crippen molar-refractivity contribution in [3.63, 3.8) is 0 Å². The van der Waals surface area contributed by atoms with Crippen LogP contribution in [0.25, 0.3) is 0 Å². The molecule has 0 bridgehead atoms. The third-order valence-corrected chi connectivity index (χ3v) is 1.43. The van der Waals surface area contributed by atoms with Crippen LogP contribution in [0.1, 0.15) is 22.5 Å². The van der Waals surface area contributed by atoms with Gasteiger partial charge in [-0.25, -0.2) is 13.2 Å². The molecule has 3 nitrogen and oxygen atoms in total. The molecule has 2 N–H and O–H groups in total. The zero-order valence-corrected chi connectivity index (χ0v) is 6.30. The largest absolute Gasteiger partial charge is 0.395 e. The number of halogens is 3. The zero-order valence-electron chi connectivity index (χ0n) is 6.30. The second-order valence-corrected chi connectivity index (χ2v) is 2.24. The quantitative estimate of drug-likeness (QED) is 0.720. The molecule has 0 saturated heterocycles. The van der Waals surface area contributed by atoms with Crippen LogP contribution in [0.15, 0.2) is 6.20 Å². The lowest BCUT2D eigenvalue weighted by molar-refractivity contribution is 0.109. The summed E-state index contributed by atoms with van der Waals surface area (Å²) in [5.74, 6) is -1.15. The lowest BCUT2D eigenvalue weighted by atomic mass is 10.2. The number of carbonyl (C=O) groups excluding carboxylic acids is 1. The Morgan fingerprint density at radius 2 is 2.15 bits per heavy atom. The predicted molar refractivity (Wildman–Crippen MR) is 39.0 cm³/mol. The first-order valence-corrected chi connectivity index (χ1v) is 3.25. The second-order valence-electron chi connectivity index (χ2n) is 2.24. The minimum absolute atomic E-state index is 0.0276. The molecule has 0 fully saturated rings. The molecule has 0 spiro atoms. The zero-order chi connectivity index (χ0) is 10.0. The number of aromatic nitrogens is 1. The summed E-state index contributed by atoms with van der Waals surface area (Å²) in [6, 6.07) is 0. The van der Waals surface area contributed by atoms with Gasteiger partial charge < -0.3 is 5.73 Å². The molecule has 1 aromatic rings. The summed E-state index contributed by atoms with van der Waals surface area (Å²) in [6.07, 6.45) is -2.26. The van der Waals surface area contributed by atoms with E-state index in [2.05, 4.69) is 4.98 Å². The summed E-state index contributed by atoms with van der Waals surface area (Å²) in [7, 11) is 0. The Morgan fingerprint density at radius 3 is 2.62 bits per heavy atom. The van der Waals surface area contributed by atoms with Crippen molar-refractivity contribution in [2.45, 2.75) is 6.43 Å². The van der Waals surface area contributed by atoms with Crippen molar-refractivity contribution in [1.29, 1.82) is 0 Å². The Morgan fingerprint density at radius 1 is 1.54 bits per heavy atom. The highest BCUT2D eigenvalue weighted by atomic mass is 19.3. The van der Waals surface area contributed by atoms with E-state index in [9.17, 15) is 18.0 Å². The van der Waals surface area contributed by atoms with Crippen LogP contribution in [0, 0.1) is 5.82 Å². The Bertz CT molecular complexity index is 341. The fourth-order valence-electron chi connectivity index (χ4n) is 0.819. The molecule has 1 heterocycles. The average molecular weight is 190 g/mol. The van der Waals surface area contributed by atoms with Crippen LogP contribution in [0.4, 0.5) is 18.9 Å². The molecule has 1 aromatic heterocycles. The molecule has 13 heavy (non-hydrogen) atoms. The number of nitrogens with two attached hydrogens (primary N) is 1. The summed E-state index contributed by atoms with van der Waals surface area (Å²) >= 11 is 0. The van der Waals surface area contributed by atoms with E-state index in [0.717, 1.165) is 6.20 Å². The number of carbonyl (C=O) groups is 1. The molecule has 0 aliphatic heterocycles. The number of hydrogen-bond donors (Lipinski definition) is 1. The summed E-state index contributed by atoms with van der Waals surface area (Å²) in [5, 5.41) is 0. The maximum absolute atomic E-state index is 12.9. The second kappa shape index (κ2) is 3.42. The highest BCUT2D eigenvalue weighted by Gasteiger charge is 2.19. The highest BCUT2D eigenvalue weighted by molar-refractivity contribution is 5.78. The van der Waals surface area contributed by atoms with Crippen LogP contribution in [0.3, 0.4) is 0 Å². The summed E-state index contributed by atoms with van der Waals surface area (Å²) in [6.45, 7) is 0. The first-order chi connectivity index (χ1) is 6.07. The van der Waals surface area contributed by atoms with Gasteiger partial charge in [-0.1, -0.05) is 0 Å². The Labute approximate surface area is 71.4 Å². The van der Waals surface area contributed by atoms with Gasteiger partial charge in [0, 0.05) is 0 Å². The number of aldehydes is 1. The number of hydrogen-bond acceptors (Lipinski definition) is 3. The average Bonchev–Trinajstić information content (AvgIpc) is 2.09. The lowest BCUT2D eigenvalue weighted by Crippen LogP contribution is -2.04. The molecule has 6 heteroatoms. The van der Waals surface area contributed by atoms with Crippen LogP contribution in [-0.4, -0.2) is 11.3 Å². The molecule has 1 rings (SSSR count). The van der Waals surface area contributed by atoms with Crippen LogP contribution in [0.2, 0.25) is 0 Å². The third kappa shape index (κ3) is 1.61. The van der Waals surface area contributed by atoms with Crippen LogP contribution in [0.5, 0.6) is 0 Å². The van der Waals surface area contributed by atoms with Crippen LogP contribution < -0.4 is 5.73 Å². The van der Waals surface area contributed by atoms with Crippen molar-refractivity contribution in [1.82, 2.24) is 4.98 Å². The molecule has 0 saturated carbocycles. The molecule has 0 atom stereocenters. The van der Waals surface area contributed by atoms with Gasteiger partial charge in [-0.05, 0) is 0 Å². The molecular formula is C7H5F3N2O. The van der Waals surface area contributed by atoms with E-state index in [1.165, 1.54) is 0 Å².